The molecule has 0 radical (unpaired) electrons. The summed E-state index contributed by atoms with van der Waals surface area (Å²) in [5, 5.41) is 5.63. The second-order valence-electron chi connectivity index (χ2n) is 4.84. The van der Waals surface area contributed by atoms with E-state index in [1.54, 1.807) is 17.8 Å². The summed E-state index contributed by atoms with van der Waals surface area (Å²) >= 11 is 9.59. The highest BCUT2D eigenvalue weighted by Crippen LogP contribution is 2.28. The third kappa shape index (κ3) is 2.51. The fourth-order valence-electron chi connectivity index (χ4n) is 2.28. The van der Waals surface area contributed by atoms with E-state index in [1.165, 1.54) is 0 Å². The Morgan fingerprint density at radius 3 is 2.86 bits per heavy atom. The summed E-state index contributed by atoms with van der Waals surface area (Å²) in [4.78, 5) is 12.4. The van der Waals surface area contributed by atoms with Crippen molar-refractivity contribution in [3.8, 4) is 0 Å². The molecule has 0 aliphatic heterocycles. The van der Waals surface area contributed by atoms with Crippen molar-refractivity contribution >= 4 is 44.3 Å². The van der Waals surface area contributed by atoms with Gasteiger partial charge in [-0.2, -0.15) is 5.10 Å². The lowest BCUT2D eigenvalue weighted by atomic mass is 10.1. The molecule has 4 nitrogen and oxygen atoms in total. The molecule has 0 aliphatic rings. The average molecular weight is 368 g/mol. The van der Waals surface area contributed by atoms with Gasteiger partial charge in [-0.15, -0.1) is 0 Å². The van der Waals surface area contributed by atoms with Gasteiger partial charge in [-0.05, 0) is 35.0 Å². The van der Waals surface area contributed by atoms with E-state index in [2.05, 4.69) is 21.0 Å². The number of hydrogen-bond donors (Lipinski definition) is 0. The monoisotopic (exact) mass is 366 g/mol. The smallest absolute Gasteiger partial charge is 0.204 e. The van der Waals surface area contributed by atoms with Gasteiger partial charge in [-0.1, -0.05) is 23.7 Å². The second-order valence-corrected chi connectivity index (χ2v) is 6.07. The van der Waals surface area contributed by atoms with Crippen LogP contribution < -0.4 is 0 Å². The molecule has 21 heavy (non-hydrogen) atoms. The molecule has 2 heterocycles. The van der Waals surface area contributed by atoms with Crippen LogP contribution in [0.3, 0.4) is 0 Å². The fourth-order valence-corrected chi connectivity index (χ4v) is 2.97. The molecule has 0 unspecified atom stereocenters. The minimum Gasteiger partial charge on any atom is -0.452 e. The van der Waals surface area contributed by atoms with Crippen LogP contribution in [0.15, 0.2) is 33.2 Å². The molecule has 0 spiro atoms. The van der Waals surface area contributed by atoms with Crippen molar-refractivity contribution < 1.29 is 9.21 Å². The van der Waals surface area contributed by atoms with Crippen LogP contribution in [-0.2, 0) is 13.5 Å². The van der Waals surface area contributed by atoms with E-state index >= 15 is 0 Å². The molecule has 0 bridgehead atoms. The first kappa shape index (κ1) is 14.4. The predicted molar refractivity (Wildman–Crippen MR) is 84.9 cm³/mol. The number of para-hydroxylation sites is 1. The average Bonchev–Trinajstić information content (AvgIpc) is 2.97. The Hall–Kier alpha value is -1.59. The van der Waals surface area contributed by atoms with Gasteiger partial charge in [0.2, 0.25) is 5.78 Å². The van der Waals surface area contributed by atoms with Crippen LogP contribution in [0.1, 0.15) is 21.9 Å². The van der Waals surface area contributed by atoms with E-state index in [0.29, 0.717) is 27.8 Å². The van der Waals surface area contributed by atoms with Crippen LogP contribution in [0.4, 0.5) is 0 Å². The first-order valence-corrected chi connectivity index (χ1v) is 7.53. The van der Waals surface area contributed by atoms with Crippen LogP contribution in [0.5, 0.6) is 0 Å². The zero-order valence-corrected chi connectivity index (χ0v) is 13.8. The number of Topliss-reactive ketones (excluding diaryl/α,β-unsaturated/α-hetero) is 1. The van der Waals surface area contributed by atoms with Gasteiger partial charge in [0.15, 0.2) is 5.76 Å². The highest BCUT2D eigenvalue weighted by molar-refractivity contribution is 9.10. The predicted octanol–water partition coefficient (Wildman–Crippen LogP) is 4.32. The molecule has 0 saturated carbocycles. The van der Waals surface area contributed by atoms with Gasteiger partial charge in [0.25, 0.3) is 0 Å². The number of ketones is 1. The number of hydrogen-bond acceptors (Lipinski definition) is 3. The van der Waals surface area contributed by atoms with Gasteiger partial charge in [-0.3, -0.25) is 9.48 Å². The molecule has 108 valence electrons. The number of furan rings is 1. The lowest BCUT2D eigenvalue weighted by Crippen LogP contribution is -2.07. The highest BCUT2D eigenvalue weighted by atomic mass is 79.9. The van der Waals surface area contributed by atoms with E-state index in [4.69, 9.17) is 16.0 Å². The Morgan fingerprint density at radius 1 is 1.48 bits per heavy atom. The van der Waals surface area contributed by atoms with E-state index in [0.717, 1.165) is 9.86 Å². The summed E-state index contributed by atoms with van der Waals surface area (Å²) < 4.78 is 8.11. The highest BCUT2D eigenvalue weighted by Gasteiger charge is 2.19. The summed E-state index contributed by atoms with van der Waals surface area (Å²) in [6.07, 6.45) is 0.160. The van der Waals surface area contributed by atoms with E-state index in [1.807, 2.05) is 25.1 Å². The third-order valence-corrected chi connectivity index (χ3v) is 4.48. The molecule has 0 N–H and O–H groups in total. The zero-order chi connectivity index (χ0) is 15.1. The van der Waals surface area contributed by atoms with Crippen molar-refractivity contribution in [1.82, 2.24) is 9.78 Å². The van der Waals surface area contributed by atoms with Crippen LogP contribution in [-0.4, -0.2) is 15.6 Å². The normalized spacial score (nSPS) is 11.2. The van der Waals surface area contributed by atoms with Crippen molar-refractivity contribution in [2.24, 2.45) is 7.05 Å². The third-order valence-electron chi connectivity index (χ3n) is 3.36. The standard InChI is InChI=1S/C15H12BrClN2O2/c1-8-14(17)11(19(2)18-8)7-12(20)13-6-9-4-3-5-10(16)15(9)21-13/h3-6H,7H2,1-2H3. The second kappa shape index (κ2) is 5.31. The lowest BCUT2D eigenvalue weighted by molar-refractivity contribution is 0.0966. The van der Waals surface area contributed by atoms with Gasteiger partial charge in [-0.25, -0.2) is 0 Å². The number of rotatable bonds is 3. The van der Waals surface area contributed by atoms with E-state index in [9.17, 15) is 4.79 Å². The molecule has 0 aliphatic carbocycles. The largest absolute Gasteiger partial charge is 0.452 e. The maximum atomic E-state index is 12.4. The number of aromatic nitrogens is 2. The summed E-state index contributed by atoms with van der Waals surface area (Å²) in [5.41, 5.74) is 2.08. The molecule has 2 aromatic heterocycles. The molecule has 0 fully saturated rings. The number of benzene rings is 1. The number of nitrogens with zero attached hydrogens (tertiary/aromatic N) is 2. The molecule has 6 heteroatoms. The van der Waals surface area contributed by atoms with E-state index < -0.39 is 0 Å². The van der Waals surface area contributed by atoms with Crippen molar-refractivity contribution in [2.75, 3.05) is 0 Å². The maximum Gasteiger partial charge on any atom is 0.204 e. The summed E-state index contributed by atoms with van der Waals surface area (Å²) in [7, 11) is 1.77. The number of fused-ring (bicyclic) bond motifs is 1. The zero-order valence-electron chi connectivity index (χ0n) is 11.5. The van der Waals surface area contributed by atoms with Gasteiger partial charge >= 0.3 is 0 Å². The van der Waals surface area contributed by atoms with Crippen LogP contribution in [0.25, 0.3) is 11.0 Å². The van der Waals surface area contributed by atoms with Crippen molar-refractivity contribution in [1.29, 1.82) is 0 Å². The Labute approximate surface area is 134 Å². The van der Waals surface area contributed by atoms with Crippen molar-refractivity contribution in [3.63, 3.8) is 0 Å². The fraction of sp³-hybridized carbons (Fsp3) is 0.200. The van der Waals surface area contributed by atoms with Gasteiger partial charge < -0.3 is 4.42 Å². The van der Waals surface area contributed by atoms with E-state index in [-0.39, 0.29) is 12.2 Å². The van der Waals surface area contributed by atoms with Gasteiger partial charge in [0.05, 0.1) is 27.3 Å². The van der Waals surface area contributed by atoms with Gasteiger partial charge in [0, 0.05) is 12.4 Å². The van der Waals surface area contributed by atoms with Crippen molar-refractivity contribution in [3.05, 3.63) is 50.9 Å². The number of aryl methyl sites for hydroxylation is 2. The minimum atomic E-state index is -0.122. The molecule has 3 aromatic rings. The molecule has 0 amide bonds. The lowest BCUT2D eigenvalue weighted by Gasteiger charge is -2.00. The molecule has 3 rings (SSSR count). The van der Waals surface area contributed by atoms with Crippen LogP contribution >= 0.6 is 27.5 Å². The summed E-state index contributed by atoms with van der Waals surface area (Å²) in [6, 6.07) is 7.43. The molecule has 0 atom stereocenters. The summed E-state index contributed by atoms with van der Waals surface area (Å²) in [5.74, 6) is 0.204. The first-order chi connectivity index (χ1) is 9.97. The topological polar surface area (TPSA) is 48.0 Å². The Bertz CT molecular complexity index is 851. The van der Waals surface area contributed by atoms with Gasteiger partial charge in [0.1, 0.15) is 5.58 Å². The van der Waals surface area contributed by atoms with Crippen molar-refractivity contribution in [2.45, 2.75) is 13.3 Å². The number of carbonyl (C=O) groups is 1. The SMILES string of the molecule is Cc1nn(C)c(CC(=O)c2cc3cccc(Br)c3o2)c1Cl. The van der Waals surface area contributed by atoms with Crippen LogP contribution in [0, 0.1) is 6.92 Å². The maximum absolute atomic E-state index is 12.4. The Morgan fingerprint density at radius 2 is 2.24 bits per heavy atom. The molecular formula is C15H12BrClN2O2. The Balaban J connectivity index is 1.95. The quantitative estimate of drug-likeness (QED) is 0.648. The first-order valence-electron chi connectivity index (χ1n) is 6.36. The van der Waals surface area contributed by atoms with Crippen LogP contribution in [0.2, 0.25) is 5.02 Å². The molecule has 0 saturated heterocycles. The molecule has 1 aromatic carbocycles. The number of halogens is 2. The molecular weight excluding hydrogens is 356 g/mol. The number of carbonyl (C=O) groups excluding carboxylic acids is 1. The summed E-state index contributed by atoms with van der Waals surface area (Å²) in [6.45, 7) is 1.81. The minimum absolute atomic E-state index is 0.122. The Kier molecular flexibility index (Phi) is 3.63.